The van der Waals surface area contributed by atoms with Gasteiger partial charge in [-0.15, -0.1) is 0 Å². The summed E-state index contributed by atoms with van der Waals surface area (Å²) in [5.74, 6) is 0. The van der Waals surface area contributed by atoms with Gasteiger partial charge in [-0.2, -0.15) is 0 Å². The molecule has 1 atom stereocenters. The summed E-state index contributed by atoms with van der Waals surface area (Å²) in [7, 11) is 0. The van der Waals surface area contributed by atoms with Crippen LogP contribution in [-0.4, -0.2) is 3.92 Å². The van der Waals surface area contributed by atoms with E-state index in [1.165, 1.54) is 29.2 Å². The lowest BCUT2D eigenvalue weighted by Crippen LogP contribution is -2.00. The van der Waals surface area contributed by atoms with Crippen LogP contribution in [0.25, 0.3) is 10.8 Å². The highest BCUT2D eigenvalue weighted by molar-refractivity contribution is 14.1. The second-order valence-electron chi connectivity index (χ2n) is 3.85. The first kappa shape index (κ1) is 10.9. The third-order valence-corrected chi connectivity index (χ3v) is 4.09. The number of halogens is 1. The van der Waals surface area contributed by atoms with Crippen LogP contribution >= 0.6 is 22.6 Å². The first-order valence-electron chi connectivity index (χ1n) is 5.42. The zero-order chi connectivity index (χ0) is 10.7. The third kappa shape index (κ3) is 2.51. The van der Waals surface area contributed by atoms with Crippen LogP contribution in [0.3, 0.4) is 0 Å². The Balaban J connectivity index is 2.42. The SMILES string of the molecule is CCC(I)Cc1cccc2ccccc12. The molecule has 15 heavy (non-hydrogen) atoms. The fraction of sp³-hybridized carbons (Fsp3) is 0.286. The summed E-state index contributed by atoms with van der Waals surface area (Å²) in [6.45, 7) is 2.25. The Morgan fingerprint density at radius 1 is 1.07 bits per heavy atom. The van der Waals surface area contributed by atoms with Gasteiger partial charge in [0, 0.05) is 3.92 Å². The van der Waals surface area contributed by atoms with E-state index >= 15 is 0 Å². The molecule has 1 unspecified atom stereocenters. The molecule has 0 fully saturated rings. The maximum absolute atomic E-state index is 2.54. The van der Waals surface area contributed by atoms with E-state index in [9.17, 15) is 0 Å². The molecule has 0 aromatic heterocycles. The predicted octanol–water partition coefficient (Wildman–Crippen LogP) is 4.60. The highest BCUT2D eigenvalue weighted by atomic mass is 127. The molecule has 0 aliphatic carbocycles. The Hall–Kier alpha value is -0.570. The molecule has 0 amide bonds. The summed E-state index contributed by atoms with van der Waals surface area (Å²) in [6, 6.07) is 15.2. The Bertz CT molecular complexity index is 443. The summed E-state index contributed by atoms with van der Waals surface area (Å²) in [5.41, 5.74) is 1.48. The molecule has 2 aromatic rings. The van der Waals surface area contributed by atoms with E-state index in [1.807, 2.05) is 0 Å². The largest absolute Gasteiger partial charge is 0.0823 e. The minimum atomic E-state index is 0.744. The maximum Gasteiger partial charge on any atom is 0.0148 e. The minimum Gasteiger partial charge on any atom is -0.0823 e. The zero-order valence-corrected chi connectivity index (χ0v) is 11.1. The Kier molecular flexibility index (Phi) is 3.62. The lowest BCUT2D eigenvalue weighted by molar-refractivity contribution is 0.849. The zero-order valence-electron chi connectivity index (χ0n) is 8.91. The van der Waals surface area contributed by atoms with Gasteiger partial charge in [-0.1, -0.05) is 72.0 Å². The van der Waals surface area contributed by atoms with Gasteiger partial charge in [-0.25, -0.2) is 0 Å². The molecule has 0 saturated carbocycles. The van der Waals surface area contributed by atoms with Crippen LogP contribution in [0, 0.1) is 0 Å². The smallest absolute Gasteiger partial charge is 0.0148 e. The molecule has 0 bridgehead atoms. The van der Waals surface area contributed by atoms with E-state index in [0.29, 0.717) is 0 Å². The second kappa shape index (κ2) is 4.97. The predicted molar refractivity (Wildman–Crippen MR) is 75.8 cm³/mol. The number of hydrogen-bond acceptors (Lipinski definition) is 0. The van der Waals surface area contributed by atoms with E-state index in [4.69, 9.17) is 0 Å². The van der Waals surface area contributed by atoms with Crippen LogP contribution in [0.1, 0.15) is 18.9 Å². The van der Waals surface area contributed by atoms with Gasteiger partial charge in [0.1, 0.15) is 0 Å². The van der Waals surface area contributed by atoms with Crippen molar-refractivity contribution < 1.29 is 0 Å². The van der Waals surface area contributed by atoms with E-state index in [0.717, 1.165) is 3.92 Å². The molecule has 0 radical (unpaired) electrons. The van der Waals surface area contributed by atoms with Crippen molar-refractivity contribution in [1.29, 1.82) is 0 Å². The first-order valence-corrected chi connectivity index (χ1v) is 6.66. The van der Waals surface area contributed by atoms with Gasteiger partial charge in [0.15, 0.2) is 0 Å². The molecule has 78 valence electrons. The van der Waals surface area contributed by atoms with Crippen LogP contribution in [0.4, 0.5) is 0 Å². The molecule has 0 N–H and O–H groups in total. The van der Waals surface area contributed by atoms with Crippen molar-refractivity contribution in [3.63, 3.8) is 0 Å². The molecular weight excluding hydrogens is 295 g/mol. The van der Waals surface area contributed by atoms with Crippen LogP contribution in [0.5, 0.6) is 0 Å². The highest BCUT2D eigenvalue weighted by Crippen LogP contribution is 2.22. The minimum absolute atomic E-state index is 0.744. The summed E-state index contributed by atoms with van der Waals surface area (Å²) in [5, 5.41) is 2.77. The maximum atomic E-state index is 2.54. The molecule has 0 aliphatic heterocycles. The molecule has 0 saturated heterocycles. The topological polar surface area (TPSA) is 0 Å². The fourth-order valence-electron chi connectivity index (χ4n) is 1.85. The molecule has 0 spiro atoms. The normalized spacial score (nSPS) is 12.9. The standard InChI is InChI=1S/C14H15I/c1-2-13(15)10-12-8-5-7-11-6-3-4-9-14(11)12/h3-9,13H,2,10H2,1H3. The van der Waals surface area contributed by atoms with Gasteiger partial charge in [0.05, 0.1) is 0 Å². The van der Waals surface area contributed by atoms with E-state index in [-0.39, 0.29) is 0 Å². The van der Waals surface area contributed by atoms with Crippen LogP contribution in [-0.2, 0) is 6.42 Å². The average molecular weight is 310 g/mol. The van der Waals surface area contributed by atoms with Crippen molar-refractivity contribution in [3.05, 3.63) is 48.0 Å². The molecule has 0 nitrogen and oxygen atoms in total. The number of benzene rings is 2. The van der Waals surface area contributed by atoms with Gasteiger partial charge in [0.2, 0.25) is 0 Å². The molecule has 0 aliphatic rings. The fourth-order valence-corrected chi connectivity index (χ4v) is 2.33. The third-order valence-electron chi connectivity index (χ3n) is 2.76. The molecule has 0 heterocycles. The number of rotatable bonds is 3. The van der Waals surface area contributed by atoms with Crippen LogP contribution in [0.15, 0.2) is 42.5 Å². The van der Waals surface area contributed by atoms with E-state index < -0.39 is 0 Å². The summed E-state index contributed by atoms with van der Waals surface area (Å²) in [6.07, 6.45) is 2.42. The van der Waals surface area contributed by atoms with Crippen LogP contribution in [0.2, 0.25) is 0 Å². The van der Waals surface area contributed by atoms with Crippen molar-refractivity contribution >= 4 is 33.4 Å². The molecular formula is C14H15I. The second-order valence-corrected chi connectivity index (χ2v) is 5.61. The van der Waals surface area contributed by atoms with Crippen molar-refractivity contribution in [2.45, 2.75) is 23.7 Å². The highest BCUT2D eigenvalue weighted by Gasteiger charge is 2.05. The number of fused-ring (bicyclic) bond motifs is 1. The van der Waals surface area contributed by atoms with Gasteiger partial charge in [0.25, 0.3) is 0 Å². The Morgan fingerprint density at radius 2 is 1.80 bits per heavy atom. The molecule has 1 heteroatoms. The van der Waals surface area contributed by atoms with Gasteiger partial charge >= 0.3 is 0 Å². The van der Waals surface area contributed by atoms with Gasteiger partial charge in [-0.3, -0.25) is 0 Å². The lowest BCUT2D eigenvalue weighted by atomic mass is 10.0. The molecule has 2 aromatic carbocycles. The van der Waals surface area contributed by atoms with Gasteiger partial charge < -0.3 is 0 Å². The monoisotopic (exact) mass is 310 g/mol. The van der Waals surface area contributed by atoms with Gasteiger partial charge in [-0.05, 0) is 29.2 Å². The quantitative estimate of drug-likeness (QED) is 0.574. The number of hydrogen-bond donors (Lipinski definition) is 0. The van der Waals surface area contributed by atoms with Crippen molar-refractivity contribution in [1.82, 2.24) is 0 Å². The Morgan fingerprint density at radius 3 is 2.60 bits per heavy atom. The molecule has 2 rings (SSSR count). The summed E-state index contributed by atoms with van der Waals surface area (Å²) >= 11 is 2.54. The van der Waals surface area contributed by atoms with Crippen LogP contribution < -0.4 is 0 Å². The first-order chi connectivity index (χ1) is 7.31. The number of alkyl halides is 1. The van der Waals surface area contributed by atoms with E-state index in [2.05, 4.69) is 72.0 Å². The van der Waals surface area contributed by atoms with Crippen molar-refractivity contribution in [2.75, 3.05) is 0 Å². The lowest BCUT2D eigenvalue weighted by Gasteiger charge is -2.09. The summed E-state index contributed by atoms with van der Waals surface area (Å²) < 4.78 is 0.744. The Labute approximate surface area is 105 Å². The van der Waals surface area contributed by atoms with E-state index in [1.54, 1.807) is 0 Å². The van der Waals surface area contributed by atoms with Crippen molar-refractivity contribution in [3.8, 4) is 0 Å². The van der Waals surface area contributed by atoms with Crippen molar-refractivity contribution in [2.24, 2.45) is 0 Å². The average Bonchev–Trinajstić information content (AvgIpc) is 2.29. The summed E-state index contributed by atoms with van der Waals surface area (Å²) in [4.78, 5) is 0.